The van der Waals surface area contributed by atoms with E-state index in [0.717, 1.165) is 12.3 Å². The minimum absolute atomic E-state index is 0.0989. The maximum Gasteiger partial charge on any atom is 0.268 e. The van der Waals surface area contributed by atoms with Crippen molar-refractivity contribution in [2.75, 3.05) is 23.4 Å². The first kappa shape index (κ1) is 25.1. The van der Waals surface area contributed by atoms with Crippen molar-refractivity contribution in [3.05, 3.63) is 106 Å². The van der Waals surface area contributed by atoms with Crippen molar-refractivity contribution in [3.8, 4) is 17.2 Å². The summed E-state index contributed by atoms with van der Waals surface area (Å²) in [5.74, 6) is -1.96. The smallest absolute Gasteiger partial charge is 0.268 e. The molecule has 0 spiro atoms. The Morgan fingerprint density at radius 3 is 2.41 bits per heavy atom. The number of carbonyl (C=O) groups is 1. The average molecular weight is 504 g/mol. The van der Waals surface area contributed by atoms with Crippen molar-refractivity contribution >= 4 is 29.2 Å². The number of nitrogens with two attached hydrogens (primary N) is 1. The van der Waals surface area contributed by atoms with Gasteiger partial charge in [0.05, 0.1) is 5.69 Å². The normalized spacial score (nSPS) is 10.6. The fourth-order valence-corrected chi connectivity index (χ4v) is 3.73. The van der Waals surface area contributed by atoms with Crippen LogP contribution in [0, 0.1) is 24.0 Å². The summed E-state index contributed by atoms with van der Waals surface area (Å²) in [5, 5.41) is 12.9. The van der Waals surface area contributed by atoms with Crippen LogP contribution in [0.4, 0.5) is 25.8 Å². The third kappa shape index (κ3) is 5.18. The molecule has 5 N–H and O–H groups in total. The molecule has 37 heavy (non-hydrogen) atoms. The first-order valence-electron chi connectivity index (χ1n) is 11.1. The molecule has 10 heteroatoms. The molecule has 0 aliphatic carbocycles. The highest BCUT2D eigenvalue weighted by atomic mass is 19.1. The number of halogens is 2. The van der Waals surface area contributed by atoms with Crippen LogP contribution in [0.3, 0.4) is 0 Å². The van der Waals surface area contributed by atoms with E-state index in [1.165, 1.54) is 53.1 Å². The average Bonchev–Trinajstić information content (AvgIpc) is 2.87. The molecular weight excluding hydrogens is 480 g/mol. The van der Waals surface area contributed by atoms with Gasteiger partial charge in [0.2, 0.25) is 0 Å². The van der Waals surface area contributed by atoms with Gasteiger partial charge in [-0.05, 0) is 67.6 Å². The summed E-state index contributed by atoms with van der Waals surface area (Å²) < 4.78 is 35.0. The van der Waals surface area contributed by atoms with E-state index in [-0.39, 0.29) is 28.4 Å². The summed E-state index contributed by atoms with van der Waals surface area (Å²) in [6.07, 6.45) is 1.11. The van der Waals surface area contributed by atoms with E-state index in [4.69, 9.17) is 15.9 Å². The molecular formula is C27H23F2N5O3. The van der Waals surface area contributed by atoms with Gasteiger partial charge in [-0.25, -0.2) is 8.78 Å². The second-order valence-electron chi connectivity index (χ2n) is 8.08. The number of ether oxygens (including phenoxy) is 1. The molecule has 1 amide bonds. The predicted octanol–water partition coefficient (Wildman–Crippen LogP) is 5.09. The molecule has 0 aliphatic rings. The SMILES string of the molecule is CNc1cc(N)c(Oc2ccc(NC(=O)c3ccc(C)n(-c4ccc(F)cc4)c3=O)cc2F)cc1C=N. The first-order chi connectivity index (χ1) is 17.7. The van der Waals surface area contributed by atoms with Crippen molar-refractivity contribution in [3.63, 3.8) is 0 Å². The van der Waals surface area contributed by atoms with Crippen molar-refractivity contribution < 1.29 is 18.3 Å². The van der Waals surface area contributed by atoms with Gasteiger partial charge in [0.25, 0.3) is 11.5 Å². The molecule has 3 aromatic carbocycles. The third-order valence-corrected chi connectivity index (χ3v) is 5.62. The van der Waals surface area contributed by atoms with Gasteiger partial charge >= 0.3 is 0 Å². The van der Waals surface area contributed by atoms with E-state index in [9.17, 15) is 18.4 Å². The molecule has 0 atom stereocenters. The number of rotatable bonds is 7. The largest absolute Gasteiger partial charge is 0.452 e. The zero-order valence-corrected chi connectivity index (χ0v) is 19.9. The first-order valence-corrected chi connectivity index (χ1v) is 11.1. The number of nitrogens with one attached hydrogen (secondary N) is 3. The number of hydrogen-bond donors (Lipinski definition) is 4. The second kappa shape index (κ2) is 10.3. The van der Waals surface area contributed by atoms with Gasteiger partial charge in [0.15, 0.2) is 17.3 Å². The molecule has 1 heterocycles. The molecule has 0 unspecified atom stereocenters. The maximum absolute atomic E-state index is 14.8. The number of aromatic nitrogens is 1. The Balaban J connectivity index is 1.57. The van der Waals surface area contributed by atoms with Crippen molar-refractivity contribution in [2.24, 2.45) is 0 Å². The van der Waals surface area contributed by atoms with Gasteiger partial charge in [-0.15, -0.1) is 0 Å². The summed E-state index contributed by atoms with van der Waals surface area (Å²) in [6.45, 7) is 1.69. The number of amides is 1. The number of pyridine rings is 1. The number of nitrogens with zero attached hydrogens (tertiary/aromatic N) is 1. The zero-order chi connectivity index (χ0) is 26.7. The van der Waals surface area contributed by atoms with Gasteiger partial charge in [-0.3, -0.25) is 14.2 Å². The van der Waals surface area contributed by atoms with E-state index in [1.54, 1.807) is 26.1 Å². The van der Waals surface area contributed by atoms with Crippen LogP contribution in [0.25, 0.3) is 5.69 Å². The van der Waals surface area contributed by atoms with E-state index in [0.29, 0.717) is 22.6 Å². The van der Waals surface area contributed by atoms with Crippen LogP contribution in [-0.2, 0) is 0 Å². The van der Waals surface area contributed by atoms with Gasteiger partial charge < -0.3 is 26.5 Å². The molecule has 0 bridgehead atoms. The molecule has 0 saturated heterocycles. The molecule has 0 fully saturated rings. The van der Waals surface area contributed by atoms with Crippen LogP contribution in [0.5, 0.6) is 11.5 Å². The standard InChI is InChI=1S/C27H23F2N5O3/c1-15-3-9-20(27(36)34(15)19-7-4-17(28)5-8-19)26(35)33-18-6-10-24(21(29)12-18)37-25-11-16(14-30)23(32-2)13-22(25)31/h3-14,30,32H,31H2,1-2H3,(H,33,35). The summed E-state index contributed by atoms with van der Waals surface area (Å²) in [5.41, 5.74) is 7.63. The summed E-state index contributed by atoms with van der Waals surface area (Å²) >= 11 is 0. The van der Waals surface area contributed by atoms with Crippen LogP contribution in [0.1, 0.15) is 21.6 Å². The van der Waals surface area contributed by atoms with E-state index < -0.39 is 23.1 Å². The lowest BCUT2D eigenvalue weighted by molar-refractivity contribution is 0.102. The molecule has 1 aromatic heterocycles. The Morgan fingerprint density at radius 1 is 1.03 bits per heavy atom. The molecule has 8 nitrogen and oxygen atoms in total. The Kier molecular flexibility index (Phi) is 7.01. The molecule has 0 aliphatic heterocycles. The Bertz CT molecular complexity index is 1570. The predicted molar refractivity (Wildman–Crippen MR) is 139 cm³/mol. The van der Waals surface area contributed by atoms with Crippen LogP contribution >= 0.6 is 0 Å². The summed E-state index contributed by atoms with van der Waals surface area (Å²) in [4.78, 5) is 25.9. The van der Waals surface area contributed by atoms with Gasteiger partial charge in [-0.2, -0.15) is 0 Å². The fraction of sp³-hybridized carbons (Fsp3) is 0.0741. The van der Waals surface area contributed by atoms with E-state index >= 15 is 0 Å². The Hall–Kier alpha value is -4.99. The zero-order valence-electron chi connectivity index (χ0n) is 19.9. The molecule has 188 valence electrons. The summed E-state index contributed by atoms with van der Waals surface area (Å²) in [6, 6.07) is 15.1. The number of benzene rings is 3. The minimum atomic E-state index is -0.779. The molecule has 0 radical (unpaired) electrons. The number of aryl methyl sites for hydroxylation is 1. The molecule has 0 saturated carbocycles. The summed E-state index contributed by atoms with van der Waals surface area (Å²) in [7, 11) is 1.68. The highest BCUT2D eigenvalue weighted by Crippen LogP contribution is 2.34. The van der Waals surface area contributed by atoms with E-state index in [1.807, 2.05) is 0 Å². The van der Waals surface area contributed by atoms with Crippen LogP contribution in [0.2, 0.25) is 0 Å². The second-order valence-corrected chi connectivity index (χ2v) is 8.08. The van der Waals surface area contributed by atoms with Crippen LogP contribution in [0.15, 0.2) is 71.5 Å². The number of anilines is 3. The topological polar surface area (TPSA) is 122 Å². The monoisotopic (exact) mass is 503 g/mol. The van der Waals surface area contributed by atoms with Crippen LogP contribution in [-0.4, -0.2) is 23.7 Å². The minimum Gasteiger partial charge on any atom is -0.452 e. The fourth-order valence-electron chi connectivity index (χ4n) is 3.73. The van der Waals surface area contributed by atoms with Crippen molar-refractivity contribution in [1.82, 2.24) is 4.57 Å². The van der Waals surface area contributed by atoms with Crippen LogP contribution < -0.4 is 26.7 Å². The lowest BCUT2D eigenvalue weighted by atomic mass is 10.1. The third-order valence-electron chi connectivity index (χ3n) is 5.62. The highest BCUT2D eigenvalue weighted by molar-refractivity contribution is 6.04. The van der Waals surface area contributed by atoms with Gasteiger partial charge in [0, 0.05) is 47.6 Å². The number of hydrogen-bond acceptors (Lipinski definition) is 6. The Morgan fingerprint density at radius 2 is 1.76 bits per heavy atom. The van der Waals surface area contributed by atoms with Gasteiger partial charge in [-0.1, -0.05) is 0 Å². The lowest BCUT2D eigenvalue weighted by Gasteiger charge is -2.14. The maximum atomic E-state index is 14.8. The van der Waals surface area contributed by atoms with Crippen molar-refractivity contribution in [1.29, 1.82) is 5.41 Å². The lowest BCUT2D eigenvalue weighted by Crippen LogP contribution is -2.29. The number of nitrogen functional groups attached to an aromatic ring is 1. The van der Waals surface area contributed by atoms with Gasteiger partial charge in [0.1, 0.15) is 11.4 Å². The van der Waals surface area contributed by atoms with Crippen molar-refractivity contribution in [2.45, 2.75) is 6.92 Å². The Labute approximate surface area is 210 Å². The molecule has 4 rings (SSSR count). The molecule has 4 aromatic rings. The quantitative estimate of drug-likeness (QED) is 0.207. The highest BCUT2D eigenvalue weighted by Gasteiger charge is 2.17. The van der Waals surface area contributed by atoms with E-state index in [2.05, 4.69) is 10.6 Å². The number of carbonyl (C=O) groups excluding carboxylic acids is 1.